The molecule has 0 bridgehead atoms. The summed E-state index contributed by atoms with van der Waals surface area (Å²) in [6, 6.07) is 3.92. The van der Waals surface area contributed by atoms with Gasteiger partial charge in [-0.25, -0.2) is 4.79 Å². The van der Waals surface area contributed by atoms with E-state index in [2.05, 4.69) is 11.4 Å². The van der Waals surface area contributed by atoms with Crippen LogP contribution in [-0.2, 0) is 14.9 Å². The highest BCUT2D eigenvalue weighted by molar-refractivity contribution is 6.35. The average Bonchev–Trinajstić information content (AvgIpc) is 3.31. The first kappa shape index (κ1) is 17.7. The van der Waals surface area contributed by atoms with Crippen molar-refractivity contribution in [3.05, 3.63) is 28.3 Å². The number of amides is 2. The molecule has 3 aliphatic rings. The third kappa shape index (κ3) is 2.86. The molecule has 1 aromatic rings. The number of anilines is 1. The molecule has 2 amide bonds. The maximum atomic E-state index is 12.7. The zero-order valence-electron chi connectivity index (χ0n) is 15.5. The zero-order chi connectivity index (χ0) is 18.7. The van der Waals surface area contributed by atoms with Crippen LogP contribution < -0.4 is 5.32 Å². The van der Waals surface area contributed by atoms with Crippen LogP contribution in [0.2, 0.25) is 5.02 Å². The minimum absolute atomic E-state index is 0.0548. The molecule has 4 rings (SSSR count). The van der Waals surface area contributed by atoms with Crippen LogP contribution in [0.1, 0.15) is 70.0 Å². The summed E-state index contributed by atoms with van der Waals surface area (Å²) in [7, 11) is 0. The Morgan fingerprint density at radius 1 is 1.31 bits per heavy atom. The number of benzene rings is 1. The molecule has 1 aliphatic carbocycles. The number of rotatable bonds is 1. The van der Waals surface area contributed by atoms with Crippen molar-refractivity contribution in [1.82, 2.24) is 4.90 Å². The lowest BCUT2D eigenvalue weighted by molar-refractivity contribution is -0.117. The van der Waals surface area contributed by atoms with Gasteiger partial charge in [-0.1, -0.05) is 17.7 Å². The van der Waals surface area contributed by atoms with E-state index in [0.29, 0.717) is 11.6 Å². The summed E-state index contributed by atoms with van der Waals surface area (Å²) in [5.41, 5.74) is 1.84. The molecular formula is C20H25ClN2O3. The Morgan fingerprint density at radius 3 is 2.69 bits per heavy atom. The Hall–Kier alpha value is -1.75. The number of likely N-dealkylation sites (tertiary alicyclic amines) is 1. The smallest absolute Gasteiger partial charge is 0.410 e. The summed E-state index contributed by atoms with van der Waals surface area (Å²) < 4.78 is 5.61. The molecule has 0 radical (unpaired) electrons. The van der Waals surface area contributed by atoms with Gasteiger partial charge in [0.2, 0.25) is 5.91 Å². The third-order valence-electron chi connectivity index (χ3n) is 5.57. The van der Waals surface area contributed by atoms with Crippen LogP contribution in [0.25, 0.3) is 0 Å². The Balaban J connectivity index is 1.68. The summed E-state index contributed by atoms with van der Waals surface area (Å²) >= 11 is 6.50. The fourth-order valence-electron chi connectivity index (χ4n) is 4.12. The second-order valence-electron chi connectivity index (χ2n) is 8.65. The van der Waals surface area contributed by atoms with Crippen molar-refractivity contribution in [1.29, 1.82) is 0 Å². The highest BCUT2D eigenvalue weighted by Crippen LogP contribution is 2.57. The molecule has 1 aromatic carbocycles. The number of carbonyl (C=O) groups is 2. The molecule has 1 saturated carbocycles. The van der Waals surface area contributed by atoms with E-state index in [4.69, 9.17) is 16.3 Å². The number of halogens is 1. The molecule has 1 spiro atoms. The fourth-order valence-corrected chi connectivity index (χ4v) is 4.39. The fraction of sp³-hybridized carbons (Fsp3) is 0.600. The summed E-state index contributed by atoms with van der Waals surface area (Å²) in [5.74, 6) is 0.0548. The number of nitrogens with one attached hydrogen (secondary N) is 1. The summed E-state index contributed by atoms with van der Waals surface area (Å²) in [6.07, 6.45) is 4.36. The lowest BCUT2D eigenvalue weighted by Crippen LogP contribution is -2.41. The van der Waals surface area contributed by atoms with E-state index >= 15 is 0 Å². The maximum absolute atomic E-state index is 12.7. The predicted octanol–water partition coefficient (Wildman–Crippen LogP) is 4.79. The van der Waals surface area contributed by atoms with Crippen molar-refractivity contribution in [2.45, 2.75) is 69.9 Å². The van der Waals surface area contributed by atoms with Crippen LogP contribution in [0.4, 0.5) is 10.5 Å². The van der Waals surface area contributed by atoms with Crippen molar-refractivity contribution in [3.63, 3.8) is 0 Å². The van der Waals surface area contributed by atoms with Gasteiger partial charge in [0.05, 0.1) is 22.2 Å². The van der Waals surface area contributed by atoms with Crippen molar-refractivity contribution < 1.29 is 14.3 Å². The van der Waals surface area contributed by atoms with Crippen LogP contribution in [0.3, 0.4) is 0 Å². The monoisotopic (exact) mass is 376 g/mol. The molecule has 2 fully saturated rings. The molecule has 1 saturated heterocycles. The van der Waals surface area contributed by atoms with Crippen molar-refractivity contribution in [3.8, 4) is 0 Å². The van der Waals surface area contributed by atoms with Gasteiger partial charge >= 0.3 is 6.09 Å². The van der Waals surface area contributed by atoms with Gasteiger partial charge in [0, 0.05) is 6.54 Å². The number of fused-ring (bicyclic) bond motifs is 2. The number of piperidine rings is 1. The van der Waals surface area contributed by atoms with Gasteiger partial charge in [-0.05, 0) is 70.1 Å². The van der Waals surface area contributed by atoms with Crippen LogP contribution in [0, 0.1) is 0 Å². The number of carbonyl (C=O) groups excluding carboxylic acids is 2. The normalized spacial score (nSPS) is 23.6. The average molecular weight is 377 g/mol. The molecule has 140 valence electrons. The van der Waals surface area contributed by atoms with Crippen LogP contribution in [0.5, 0.6) is 0 Å². The van der Waals surface area contributed by atoms with Gasteiger partial charge in [0.15, 0.2) is 0 Å². The largest absolute Gasteiger partial charge is 0.444 e. The highest BCUT2D eigenvalue weighted by Gasteiger charge is 2.57. The minimum Gasteiger partial charge on any atom is -0.444 e. The second-order valence-corrected chi connectivity index (χ2v) is 9.05. The van der Waals surface area contributed by atoms with E-state index in [0.717, 1.165) is 48.9 Å². The van der Waals surface area contributed by atoms with E-state index < -0.39 is 5.60 Å². The van der Waals surface area contributed by atoms with Gasteiger partial charge in [-0.3, -0.25) is 4.79 Å². The Bertz CT molecular complexity index is 780. The zero-order valence-corrected chi connectivity index (χ0v) is 16.3. The maximum Gasteiger partial charge on any atom is 0.410 e. The van der Waals surface area contributed by atoms with Crippen molar-refractivity contribution >= 4 is 29.3 Å². The number of ether oxygens (including phenoxy) is 1. The Labute approximate surface area is 159 Å². The number of hydrogen-bond donors (Lipinski definition) is 1. The SMILES string of the molecule is CC(C)(C)OC(=O)N1CCCCC1c1cc(Cl)c2c(c1)C1(CC1)C(=O)N2. The van der Waals surface area contributed by atoms with Gasteiger partial charge in [-0.15, -0.1) is 0 Å². The van der Waals surface area contributed by atoms with Gasteiger partial charge in [0.25, 0.3) is 0 Å². The predicted molar refractivity (Wildman–Crippen MR) is 101 cm³/mol. The third-order valence-corrected chi connectivity index (χ3v) is 5.86. The van der Waals surface area contributed by atoms with Crippen molar-refractivity contribution in [2.24, 2.45) is 0 Å². The molecule has 2 aliphatic heterocycles. The van der Waals surface area contributed by atoms with Gasteiger partial charge in [-0.2, -0.15) is 0 Å². The lowest BCUT2D eigenvalue weighted by Gasteiger charge is -2.37. The van der Waals surface area contributed by atoms with Gasteiger partial charge in [0.1, 0.15) is 5.60 Å². The molecule has 0 aromatic heterocycles. The van der Waals surface area contributed by atoms with Crippen LogP contribution in [0.15, 0.2) is 12.1 Å². The molecule has 1 atom stereocenters. The number of nitrogens with zero attached hydrogens (tertiary/aromatic N) is 1. The highest BCUT2D eigenvalue weighted by atomic mass is 35.5. The lowest BCUT2D eigenvalue weighted by atomic mass is 9.90. The molecule has 6 heteroatoms. The molecular weight excluding hydrogens is 352 g/mol. The standard InChI is InChI=1S/C20H25ClN2O3/c1-19(2,3)26-18(25)23-9-5-4-6-15(23)12-10-13-16(14(21)11-12)22-17(24)20(13)7-8-20/h10-11,15H,4-9H2,1-3H3,(H,22,24). The molecule has 26 heavy (non-hydrogen) atoms. The van der Waals surface area contributed by atoms with E-state index in [1.54, 1.807) is 0 Å². The minimum atomic E-state index is -0.525. The Kier molecular flexibility index (Phi) is 3.99. The molecule has 5 nitrogen and oxygen atoms in total. The molecule has 2 heterocycles. The van der Waals surface area contributed by atoms with E-state index in [-0.39, 0.29) is 23.5 Å². The first-order valence-electron chi connectivity index (χ1n) is 9.36. The molecule has 1 unspecified atom stereocenters. The number of hydrogen-bond acceptors (Lipinski definition) is 3. The van der Waals surface area contributed by atoms with E-state index in [9.17, 15) is 9.59 Å². The van der Waals surface area contributed by atoms with E-state index in [1.807, 2.05) is 31.7 Å². The second kappa shape index (κ2) is 5.88. The first-order valence-corrected chi connectivity index (χ1v) is 9.74. The van der Waals surface area contributed by atoms with E-state index in [1.165, 1.54) is 0 Å². The summed E-state index contributed by atoms with van der Waals surface area (Å²) in [4.78, 5) is 26.9. The van der Waals surface area contributed by atoms with Crippen molar-refractivity contribution in [2.75, 3.05) is 11.9 Å². The van der Waals surface area contributed by atoms with Gasteiger partial charge < -0.3 is 15.0 Å². The quantitative estimate of drug-likeness (QED) is 0.766. The Morgan fingerprint density at radius 2 is 2.04 bits per heavy atom. The van der Waals surface area contributed by atoms with Crippen LogP contribution in [-0.4, -0.2) is 29.0 Å². The summed E-state index contributed by atoms with van der Waals surface area (Å²) in [6.45, 7) is 6.31. The topological polar surface area (TPSA) is 58.6 Å². The van der Waals surface area contributed by atoms with Crippen LogP contribution >= 0.6 is 11.6 Å². The summed E-state index contributed by atoms with van der Waals surface area (Å²) in [5, 5.41) is 3.50. The molecule has 1 N–H and O–H groups in total. The first-order chi connectivity index (χ1) is 12.2.